The monoisotopic (exact) mass is 313 g/mol. The molecule has 0 aliphatic carbocycles. The topological polar surface area (TPSA) is 30.5 Å². The van der Waals surface area contributed by atoms with E-state index in [0.717, 1.165) is 50.8 Å². The van der Waals surface area contributed by atoms with Gasteiger partial charge in [0, 0.05) is 31.9 Å². The van der Waals surface area contributed by atoms with Crippen LogP contribution in [0.4, 0.5) is 0 Å². The molecule has 0 aliphatic heterocycles. The lowest BCUT2D eigenvalue weighted by Gasteiger charge is -2.18. The SMILES string of the molecule is CCOCCCC(CNCCOC)Cc1ccc(Cl)cc1. The first-order chi connectivity index (χ1) is 10.3. The highest BCUT2D eigenvalue weighted by atomic mass is 35.5. The molecule has 21 heavy (non-hydrogen) atoms. The Bertz CT molecular complexity index is 344. The predicted molar refractivity (Wildman–Crippen MR) is 89.1 cm³/mol. The zero-order chi connectivity index (χ0) is 15.3. The molecule has 0 saturated heterocycles. The first-order valence-corrected chi connectivity index (χ1v) is 8.16. The maximum absolute atomic E-state index is 5.94. The molecule has 0 spiro atoms. The predicted octanol–water partition coefficient (Wildman–Crippen LogP) is 3.55. The van der Waals surface area contributed by atoms with Crippen molar-refractivity contribution in [2.75, 3.05) is 40.0 Å². The Morgan fingerprint density at radius 3 is 2.62 bits per heavy atom. The summed E-state index contributed by atoms with van der Waals surface area (Å²) in [5, 5.41) is 4.26. The lowest BCUT2D eigenvalue weighted by Crippen LogP contribution is -2.27. The Kier molecular flexibility index (Phi) is 10.5. The summed E-state index contributed by atoms with van der Waals surface area (Å²) in [5.41, 5.74) is 1.34. The molecule has 1 unspecified atom stereocenters. The molecule has 0 aromatic heterocycles. The van der Waals surface area contributed by atoms with Gasteiger partial charge in [-0.15, -0.1) is 0 Å². The molecular formula is C17H28ClNO2. The zero-order valence-corrected chi connectivity index (χ0v) is 14.0. The maximum atomic E-state index is 5.94. The summed E-state index contributed by atoms with van der Waals surface area (Å²) in [6.07, 6.45) is 3.35. The van der Waals surface area contributed by atoms with Gasteiger partial charge in [-0.1, -0.05) is 23.7 Å². The molecule has 0 fully saturated rings. The Balaban J connectivity index is 2.39. The summed E-state index contributed by atoms with van der Waals surface area (Å²) in [6, 6.07) is 8.17. The van der Waals surface area contributed by atoms with Crippen LogP contribution in [-0.2, 0) is 15.9 Å². The largest absolute Gasteiger partial charge is 0.383 e. The third-order valence-corrected chi connectivity index (χ3v) is 3.71. The number of benzene rings is 1. The number of hydrogen-bond donors (Lipinski definition) is 1. The van der Waals surface area contributed by atoms with Crippen LogP contribution in [0, 0.1) is 5.92 Å². The quantitative estimate of drug-likeness (QED) is 0.599. The van der Waals surface area contributed by atoms with Crippen molar-refractivity contribution < 1.29 is 9.47 Å². The van der Waals surface area contributed by atoms with Gasteiger partial charge in [0.05, 0.1) is 6.61 Å². The minimum Gasteiger partial charge on any atom is -0.383 e. The molecule has 1 rings (SSSR count). The van der Waals surface area contributed by atoms with Crippen LogP contribution in [0.5, 0.6) is 0 Å². The van der Waals surface area contributed by atoms with Crippen LogP contribution < -0.4 is 5.32 Å². The number of methoxy groups -OCH3 is 1. The smallest absolute Gasteiger partial charge is 0.0587 e. The van der Waals surface area contributed by atoms with E-state index in [1.54, 1.807) is 7.11 Å². The number of rotatable bonds is 12. The van der Waals surface area contributed by atoms with Gasteiger partial charge in [-0.3, -0.25) is 0 Å². The van der Waals surface area contributed by atoms with Crippen molar-refractivity contribution >= 4 is 11.6 Å². The van der Waals surface area contributed by atoms with E-state index in [4.69, 9.17) is 21.1 Å². The van der Waals surface area contributed by atoms with Gasteiger partial charge in [-0.05, 0) is 56.3 Å². The van der Waals surface area contributed by atoms with E-state index in [2.05, 4.69) is 17.4 Å². The lowest BCUT2D eigenvalue weighted by molar-refractivity contribution is 0.139. The Hall–Kier alpha value is -0.610. The van der Waals surface area contributed by atoms with Crippen LogP contribution >= 0.6 is 11.6 Å². The summed E-state index contributed by atoms with van der Waals surface area (Å²) >= 11 is 5.94. The third kappa shape index (κ3) is 9.10. The van der Waals surface area contributed by atoms with Crippen LogP contribution in [0.1, 0.15) is 25.3 Å². The molecule has 0 amide bonds. The molecule has 0 aliphatic rings. The average molecular weight is 314 g/mol. The summed E-state index contributed by atoms with van der Waals surface area (Å²) in [6.45, 7) is 6.36. The Labute approximate surface area is 134 Å². The highest BCUT2D eigenvalue weighted by Crippen LogP contribution is 2.16. The van der Waals surface area contributed by atoms with Crippen LogP contribution in [0.15, 0.2) is 24.3 Å². The van der Waals surface area contributed by atoms with Gasteiger partial charge in [0.2, 0.25) is 0 Å². The molecule has 3 nitrogen and oxygen atoms in total. The van der Waals surface area contributed by atoms with E-state index in [1.807, 2.05) is 19.1 Å². The van der Waals surface area contributed by atoms with Crippen molar-refractivity contribution in [3.63, 3.8) is 0 Å². The molecule has 1 aromatic rings. The lowest BCUT2D eigenvalue weighted by atomic mass is 9.95. The fourth-order valence-electron chi connectivity index (χ4n) is 2.33. The zero-order valence-electron chi connectivity index (χ0n) is 13.2. The van der Waals surface area contributed by atoms with Gasteiger partial charge >= 0.3 is 0 Å². The Morgan fingerprint density at radius 2 is 1.95 bits per heavy atom. The molecule has 1 atom stereocenters. The Morgan fingerprint density at radius 1 is 1.19 bits per heavy atom. The van der Waals surface area contributed by atoms with Crippen LogP contribution in [0.2, 0.25) is 5.02 Å². The second kappa shape index (κ2) is 12.0. The summed E-state index contributed by atoms with van der Waals surface area (Å²) in [7, 11) is 1.73. The van der Waals surface area contributed by atoms with Gasteiger partial charge in [-0.2, -0.15) is 0 Å². The van der Waals surface area contributed by atoms with Crippen molar-refractivity contribution in [1.29, 1.82) is 0 Å². The van der Waals surface area contributed by atoms with E-state index in [0.29, 0.717) is 5.92 Å². The number of halogens is 1. The minimum atomic E-state index is 0.614. The molecular weight excluding hydrogens is 286 g/mol. The van der Waals surface area contributed by atoms with Gasteiger partial charge in [-0.25, -0.2) is 0 Å². The maximum Gasteiger partial charge on any atom is 0.0587 e. The van der Waals surface area contributed by atoms with Crippen molar-refractivity contribution in [2.45, 2.75) is 26.2 Å². The van der Waals surface area contributed by atoms with E-state index < -0.39 is 0 Å². The highest BCUT2D eigenvalue weighted by molar-refractivity contribution is 6.30. The van der Waals surface area contributed by atoms with Gasteiger partial charge in [0.25, 0.3) is 0 Å². The molecule has 1 N–H and O–H groups in total. The molecule has 120 valence electrons. The molecule has 1 aromatic carbocycles. The molecule has 0 heterocycles. The van der Waals surface area contributed by atoms with Crippen molar-refractivity contribution in [2.24, 2.45) is 5.92 Å². The van der Waals surface area contributed by atoms with Crippen LogP contribution in [0.3, 0.4) is 0 Å². The second-order valence-electron chi connectivity index (χ2n) is 5.23. The van der Waals surface area contributed by atoms with Crippen molar-refractivity contribution in [3.8, 4) is 0 Å². The fourth-order valence-corrected chi connectivity index (χ4v) is 2.45. The van der Waals surface area contributed by atoms with Crippen molar-refractivity contribution in [3.05, 3.63) is 34.9 Å². The first-order valence-electron chi connectivity index (χ1n) is 7.78. The second-order valence-corrected chi connectivity index (χ2v) is 5.67. The van der Waals surface area contributed by atoms with E-state index in [9.17, 15) is 0 Å². The number of hydrogen-bond acceptors (Lipinski definition) is 3. The van der Waals surface area contributed by atoms with Gasteiger partial charge in [0.1, 0.15) is 0 Å². The third-order valence-electron chi connectivity index (χ3n) is 3.46. The van der Waals surface area contributed by atoms with Crippen molar-refractivity contribution in [1.82, 2.24) is 5.32 Å². The number of ether oxygens (including phenoxy) is 2. The summed E-state index contributed by atoms with van der Waals surface area (Å²) in [5.74, 6) is 0.614. The number of nitrogens with one attached hydrogen (secondary N) is 1. The fraction of sp³-hybridized carbons (Fsp3) is 0.647. The molecule has 0 bridgehead atoms. The van der Waals surface area contributed by atoms with E-state index >= 15 is 0 Å². The average Bonchev–Trinajstić information content (AvgIpc) is 2.50. The van der Waals surface area contributed by atoms with Crippen LogP contribution in [-0.4, -0.2) is 40.0 Å². The molecule has 4 heteroatoms. The van der Waals surface area contributed by atoms with Gasteiger partial charge in [0.15, 0.2) is 0 Å². The summed E-state index contributed by atoms with van der Waals surface area (Å²) in [4.78, 5) is 0. The highest BCUT2D eigenvalue weighted by Gasteiger charge is 2.09. The van der Waals surface area contributed by atoms with Gasteiger partial charge < -0.3 is 14.8 Å². The van der Waals surface area contributed by atoms with E-state index in [1.165, 1.54) is 12.0 Å². The van der Waals surface area contributed by atoms with E-state index in [-0.39, 0.29) is 0 Å². The summed E-state index contributed by atoms with van der Waals surface area (Å²) < 4.78 is 10.5. The molecule has 0 radical (unpaired) electrons. The standard InChI is InChI=1S/C17H28ClNO2/c1-3-21-11-4-5-16(14-19-10-12-20-2)13-15-6-8-17(18)9-7-15/h6-9,16,19H,3-5,10-14H2,1-2H3. The minimum absolute atomic E-state index is 0.614. The molecule has 0 saturated carbocycles. The van der Waals surface area contributed by atoms with Crippen LogP contribution in [0.25, 0.3) is 0 Å². The first kappa shape index (κ1) is 18.4. The normalized spacial score (nSPS) is 12.5.